The first kappa shape index (κ1) is 48.7. The van der Waals surface area contributed by atoms with E-state index in [0.29, 0.717) is 57.6 Å². The van der Waals surface area contributed by atoms with Crippen molar-refractivity contribution in [1.82, 2.24) is 9.97 Å². The Hall–Kier alpha value is -7.18. The highest BCUT2D eigenvalue weighted by atomic mass is 16.4. The monoisotopic (exact) mass is 916 g/mol. The van der Waals surface area contributed by atoms with Gasteiger partial charge in [-0.25, -0.2) is 0 Å². The van der Waals surface area contributed by atoms with E-state index in [2.05, 4.69) is 58.1 Å². The zero-order valence-corrected chi connectivity index (χ0v) is 39.1. The van der Waals surface area contributed by atoms with E-state index in [0.717, 1.165) is 96.4 Å². The van der Waals surface area contributed by atoms with E-state index in [4.69, 9.17) is 0 Å². The van der Waals surface area contributed by atoms with E-state index in [-0.39, 0.29) is 49.1 Å². The molecule has 8 rings (SSSR count). The third-order valence-electron chi connectivity index (χ3n) is 12.8. The van der Waals surface area contributed by atoms with E-state index in [1.165, 1.54) is 38.5 Å². The average molecular weight is 917 g/mol. The first-order valence-corrected chi connectivity index (χ1v) is 24.3. The zero-order valence-electron chi connectivity index (χ0n) is 39.1. The van der Waals surface area contributed by atoms with Gasteiger partial charge in [-0.1, -0.05) is 76.1 Å². The van der Waals surface area contributed by atoms with Crippen molar-refractivity contribution < 1.29 is 39.0 Å². The Kier molecular flexibility index (Phi) is 16.5. The molecule has 0 unspecified atom stereocenters. The minimum Gasteiger partial charge on any atom is -0.481 e. The van der Waals surface area contributed by atoms with Gasteiger partial charge in [0.25, 0.3) is 11.8 Å². The summed E-state index contributed by atoms with van der Waals surface area (Å²) in [6.07, 6.45) is 18.9. The van der Waals surface area contributed by atoms with Crippen LogP contribution in [0.4, 0.5) is 11.4 Å². The molecular formula is C56H60N4O8. The highest BCUT2D eigenvalue weighted by molar-refractivity contribution is 6.35. The van der Waals surface area contributed by atoms with Gasteiger partial charge in [0.15, 0.2) is 11.6 Å². The Labute approximate surface area is 397 Å². The molecule has 2 aromatic carbocycles. The van der Waals surface area contributed by atoms with Crippen molar-refractivity contribution in [3.05, 3.63) is 104 Å². The lowest BCUT2D eigenvalue weighted by atomic mass is 9.91. The van der Waals surface area contributed by atoms with Crippen molar-refractivity contribution in [2.24, 2.45) is 0 Å². The normalized spacial score (nSPS) is 15.5. The maximum Gasteiger partial charge on any atom is 0.303 e. The fourth-order valence-corrected chi connectivity index (χ4v) is 9.33. The number of carboxylic acid groups (broad SMARTS) is 2. The molecule has 0 bridgehead atoms. The number of aryl methyl sites for hydroxylation is 2. The maximum atomic E-state index is 12.8. The largest absolute Gasteiger partial charge is 0.481 e. The summed E-state index contributed by atoms with van der Waals surface area (Å²) in [5, 5.41) is 24.2. The highest BCUT2D eigenvalue weighted by Gasteiger charge is 2.31. The van der Waals surface area contributed by atoms with Crippen LogP contribution in [0.1, 0.15) is 193 Å². The summed E-state index contributed by atoms with van der Waals surface area (Å²) in [7, 11) is 0. The molecule has 4 aliphatic rings. The molecule has 2 aliphatic heterocycles. The van der Waals surface area contributed by atoms with Gasteiger partial charge in [-0.2, -0.15) is 0 Å². The number of benzene rings is 2. The first-order valence-electron chi connectivity index (χ1n) is 24.3. The van der Waals surface area contributed by atoms with Crippen LogP contribution < -0.4 is 10.6 Å². The van der Waals surface area contributed by atoms with E-state index in [9.17, 15) is 39.0 Å². The van der Waals surface area contributed by atoms with E-state index in [1.807, 2.05) is 36.4 Å². The Balaban J connectivity index is 0.000000201. The molecule has 2 aromatic heterocycles. The van der Waals surface area contributed by atoms with Gasteiger partial charge < -0.3 is 30.8 Å². The lowest BCUT2D eigenvalue weighted by molar-refractivity contribution is -0.138. The number of aromatic nitrogens is 2. The molecule has 0 atom stereocenters. The molecule has 352 valence electrons. The molecule has 0 saturated heterocycles. The summed E-state index contributed by atoms with van der Waals surface area (Å²) in [5.41, 5.74) is 11.2. The first-order chi connectivity index (χ1) is 32.9. The minimum atomic E-state index is -0.918. The van der Waals surface area contributed by atoms with E-state index >= 15 is 0 Å². The molecule has 12 heteroatoms. The van der Waals surface area contributed by atoms with Crippen molar-refractivity contribution >= 4 is 70.0 Å². The number of carbonyl (C=O) groups is 6. The van der Waals surface area contributed by atoms with Crippen molar-refractivity contribution in [1.29, 1.82) is 0 Å². The van der Waals surface area contributed by atoms with Gasteiger partial charge in [0.1, 0.15) is 0 Å². The van der Waals surface area contributed by atoms with Gasteiger partial charge in [-0.15, -0.1) is 0 Å². The average Bonchev–Trinajstić information content (AvgIpc) is 4.05. The Morgan fingerprint density at radius 2 is 1.01 bits per heavy atom. The summed E-state index contributed by atoms with van der Waals surface area (Å²) in [5.74, 6) is 10.7. The molecule has 0 saturated carbocycles. The number of H-pyrrole nitrogens is 2. The van der Waals surface area contributed by atoms with E-state index < -0.39 is 11.9 Å². The van der Waals surface area contributed by atoms with Crippen molar-refractivity contribution in [3.63, 3.8) is 0 Å². The lowest BCUT2D eigenvalue weighted by Crippen LogP contribution is -2.11. The quantitative estimate of drug-likeness (QED) is 0.0362. The fourth-order valence-electron chi connectivity index (χ4n) is 9.33. The molecular weight excluding hydrogens is 857 g/mol. The lowest BCUT2D eigenvalue weighted by Gasteiger charge is -2.11. The number of amides is 2. The zero-order chi connectivity index (χ0) is 48.2. The molecule has 6 N–H and O–H groups in total. The number of fused-ring (bicyclic) bond motifs is 4. The number of aliphatic carboxylic acids is 2. The van der Waals surface area contributed by atoms with Crippen LogP contribution >= 0.6 is 0 Å². The Morgan fingerprint density at radius 1 is 0.588 bits per heavy atom. The number of rotatable bonds is 16. The van der Waals surface area contributed by atoms with Gasteiger partial charge in [0.2, 0.25) is 0 Å². The third-order valence-corrected chi connectivity index (χ3v) is 12.8. The van der Waals surface area contributed by atoms with Crippen molar-refractivity contribution in [2.75, 3.05) is 10.6 Å². The van der Waals surface area contributed by atoms with Crippen LogP contribution in [-0.2, 0) is 44.9 Å². The van der Waals surface area contributed by atoms with Gasteiger partial charge in [-0.3, -0.25) is 28.8 Å². The highest BCUT2D eigenvalue weighted by Crippen LogP contribution is 2.38. The van der Waals surface area contributed by atoms with Crippen LogP contribution in [0.25, 0.3) is 23.3 Å². The number of aromatic amines is 2. The van der Waals surface area contributed by atoms with Crippen LogP contribution in [0.2, 0.25) is 0 Å². The minimum absolute atomic E-state index is 0.0373. The second-order valence-corrected chi connectivity index (χ2v) is 17.9. The Morgan fingerprint density at radius 3 is 1.41 bits per heavy atom. The van der Waals surface area contributed by atoms with Gasteiger partial charge in [0.05, 0.1) is 11.1 Å². The summed E-state index contributed by atoms with van der Waals surface area (Å²) in [6.45, 7) is 4.37. The fraction of sp³-hybridized carbons (Fsp3) is 0.393. The number of nitrogens with one attached hydrogen (secondary N) is 4. The number of carbonyl (C=O) groups excluding carboxylic acids is 4. The predicted octanol–water partition coefficient (Wildman–Crippen LogP) is 10.7. The number of hydrogen-bond donors (Lipinski definition) is 6. The third kappa shape index (κ3) is 11.8. The summed E-state index contributed by atoms with van der Waals surface area (Å²) < 4.78 is 0. The van der Waals surface area contributed by atoms with E-state index in [1.54, 1.807) is 12.2 Å². The SMILES string of the molecule is CCCCCCC#Cc1ccc2c(c1)/C(=C/c1[nH]c3c(c1CCC(=O)O)C(=O)CCC3)C(=O)N2.CCCCCCC#Cc1ccc2c(c1)/C(=C/c1[nH]c3c(c1CCC(=O)O)C(=O)CCC3)C(=O)N2. The molecule has 0 fully saturated rings. The molecule has 4 aromatic rings. The van der Waals surface area contributed by atoms with Crippen molar-refractivity contribution in [2.45, 2.75) is 142 Å². The van der Waals surface area contributed by atoms with Gasteiger partial charge in [-0.05, 0) is 111 Å². The van der Waals surface area contributed by atoms with Crippen LogP contribution in [0.15, 0.2) is 36.4 Å². The van der Waals surface area contributed by atoms with Crippen molar-refractivity contribution in [3.8, 4) is 23.7 Å². The number of ketones is 2. The molecule has 12 nitrogen and oxygen atoms in total. The maximum absolute atomic E-state index is 12.8. The second-order valence-electron chi connectivity index (χ2n) is 17.9. The smallest absolute Gasteiger partial charge is 0.303 e. The molecule has 4 heterocycles. The standard InChI is InChI=1S/2C28H30N2O4/c2*1-2-3-4-5-6-7-9-18-12-14-22-20(16-18)21(28(34)30-22)17-24-19(13-15-26(32)33)27-23(29-24)10-8-11-25(27)31/h2*12,14,16-17,29H,2-6,8,10-11,13,15H2,1H3,(H,30,34)(H,32,33)/b2*21-17-. The van der Waals surface area contributed by atoms with Gasteiger partial charge >= 0.3 is 11.9 Å². The number of Topliss-reactive ketones (excluding diaryl/α,β-unsaturated/α-hetero) is 2. The molecule has 2 aliphatic carbocycles. The molecule has 2 amide bonds. The molecule has 0 radical (unpaired) electrons. The number of carboxylic acids is 2. The van der Waals surface area contributed by atoms with Crippen LogP contribution in [-0.4, -0.2) is 55.5 Å². The number of hydrogen-bond acceptors (Lipinski definition) is 6. The number of anilines is 2. The van der Waals surface area contributed by atoms with Crippen LogP contribution in [0.3, 0.4) is 0 Å². The summed E-state index contributed by atoms with van der Waals surface area (Å²) in [6, 6.07) is 11.4. The summed E-state index contributed by atoms with van der Waals surface area (Å²) >= 11 is 0. The molecule has 68 heavy (non-hydrogen) atoms. The molecule has 0 spiro atoms. The van der Waals surface area contributed by atoms with Gasteiger partial charge in [0, 0.05) is 106 Å². The van der Waals surface area contributed by atoms with Crippen LogP contribution in [0.5, 0.6) is 0 Å². The number of unbranched alkanes of at least 4 members (excludes halogenated alkanes) is 8. The van der Waals surface area contributed by atoms with Crippen LogP contribution in [0, 0.1) is 23.7 Å². The second kappa shape index (κ2) is 23.0. The predicted molar refractivity (Wildman–Crippen MR) is 265 cm³/mol. The summed E-state index contributed by atoms with van der Waals surface area (Å²) in [4.78, 5) is 79.9. The topological polar surface area (TPSA) is 199 Å². The Bertz CT molecular complexity index is 2640.